The number of hydrogen-bond donors (Lipinski definition) is 2. The lowest BCUT2D eigenvalue weighted by atomic mass is 9.74. The molecule has 2 aromatic carbocycles. The summed E-state index contributed by atoms with van der Waals surface area (Å²) in [5, 5.41) is 11.0. The SMILES string of the molecule is CC(NC(=O)OCC1c2ccccc2-c2ccccc21)(C(=O)N1CC2CC1C2C(=O)O)C(F)(F)F. The summed E-state index contributed by atoms with van der Waals surface area (Å²) in [6, 6.07) is 14.2. The smallest absolute Gasteiger partial charge is 0.420 e. The Balaban J connectivity index is 1.32. The zero-order valence-electron chi connectivity index (χ0n) is 18.7. The molecule has 2 N–H and O–H groups in total. The number of aliphatic carboxylic acids is 1. The number of nitrogens with one attached hydrogen (secondary N) is 1. The van der Waals surface area contributed by atoms with Gasteiger partial charge in [-0.15, -0.1) is 0 Å². The highest BCUT2D eigenvalue weighted by Crippen LogP contribution is 2.48. The van der Waals surface area contributed by atoms with Gasteiger partial charge in [0.1, 0.15) is 6.61 Å². The van der Waals surface area contributed by atoms with Gasteiger partial charge in [-0.1, -0.05) is 48.5 Å². The molecule has 2 aliphatic heterocycles. The van der Waals surface area contributed by atoms with Crippen LogP contribution in [-0.4, -0.2) is 58.9 Å². The predicted molar refractivity (Wildman–Crippen MR) is 117 cm³/mol. The van der Waals surface area contributed by atoms with Gasteiger partial charge in [-0.05, 0) is 41.5 Å². The van der Waals surface area contributed by atoms with Gasteiger partial charge in [0.15, 0.2) is 0 Å². The number of fused-ring (bicyclic) bond motifs is 4. The van der Waals surface area contributed by atoms with Crippen molar-refractivity contribution in [1.82, 2.24) is 10.2 Å². The average molecular weight is 488 g/mol. The molecular weight excluding hydrogens is 465 g/mol. The number of carboxylic acid groups (broad SMARTS) is 1. The maximum absolute atomic E-state index is 14.1. The Labute approximate surface area is 198 Å². The second-order valence-corrected chi connectivity index (χ2v) is 9.46. The molecule has 2 heterocycles. The Morgan fingerprint density at radius 2 is 1.63 bits per heavy atom. The Kier molecular flexibility index (Phi) is 5.30. The van der Waals surface area contributed by atoms with E-state index < -0.39 is 41.6 Å². The third-order valence-electron chi connectivity index (χ3n) is 7.53. The molecular formula is C25H23F3N2O5. The molecule has 1 saturated carbocycles. The van der Waals surface area contributed by atoms with Gasteiger partial charge in [-0.25, -0.2) is 4.79 Å². The number of rotatable bonds is 5. The second-order valence-electron chi connectivity index (χ2n) is 9.46. The van der Waals surface area contributed by atoms with E-state index in [0.717, 1.165) is 27.2 Å². The fourth-order valence-electron chi connectivity index (χ4n) is 5.59. The minimum absolute atomic E-state index is 0.0848. The predicted octanol–water partition coefficient (Wildman–Crippen LogP) is 3.78. The van der Waals surface area contributed by atoms with Crippen molar-refractivity contribution >= 4 is 18.0 Å². The highest BCUT2D eigenvalue weighted by Gasteiger charge is 2.65. The molecule has 4 unspecified atom stereocenters. The van der Waals surface area contributed by atoms with Crippen LogP contribution in [0.15, 0.2) is 48.5 Å². The van der Waals surface area contributed by atoms with Gasteiger partial charge < -0.3 is 14.7 Å². The van der Waals surface area contributed by atoms with Gasteiger partial charge in [0.25, 0.3) is 5.91 Å². The molecule has 35 heavy (non-hydrogen) atoms. The normalized spacial score (nSPS) is 24.1. The van der Waals surface area contributed by atoms with Gasteiger partial charge in [0, 0.05) is 18.5 Å². The maximum Gasteiger partial charge on any atom is 0.420 e. The number of benzene rings is 2. The van der Waals surface area contributed by atoms with E-state index in [1.165, 1.54) is 0 Å². The van der Waals surface area contributed by atoms with E-state index in [9.17, 15) is 32.7 Å². The van der Waals surface area contributed by atoms with Gasteiger partial charge in [0.05, 0.1) is 5.92 Å². The van der Waals surface area contributed by atoms with Gasteiger partial charge in [-0.2, -0.15) is 13.2 Å². The summed E-state index contributed by atoms with van der Waals surface area (Å²) in [6.45, 7) is 0.290. The molecule has 0 spiro atoms. The number of amides is 2. The number of alkyl carbamates (subject to hydrolysis) is 1. The summed E-state index contributed by atoms with van der Waals surface area (Å²) in [6.07, 6.45) is -6.16. The number of ether oxygens (including phenoxy) is 1. The summed E-state index contributed by atoms with van der Waals surface area (Å²) in [5.41, 5.74) is 0.470. The standard InChI is InChI=1S/C25H23F3N2O5/c1-24(25(26,27)28,22(33)30-11-13-10-19(30)20(13)21(31)32)29-23(34)35-12-18-16-8-4-2-6-14(16)15-7-3-5-9-17(15)18/h2-9,13,18-20H,10-12H2,1H3,(H,29,34)(H,31,32). The van der Waals surface area contributed by atoms with Crippen molar-refractivity contribution in [1.29, 1.82) is 0 Å². The highest BCUT2D eigenvalue weighted by atomic mass is 19.4. The summed E-state index contributed by atoms with van der Waals surface area (Å²) < 4.78 is 47.4. The van der Waals surface area contributed by atoms with Crippen LogP contribution in [0.2, 0.25) is 0 Å². The van der Waals surface area contributed by atoms with Gasteiger partial charge in [-0.3, -0.25) is 14.9 Å². The number of carbonyl (C=O) groups is 3. The third kappa shape index (κ3) is 3.54. The van der Waals surface area contributed by atoms with Crippen molar-refractivity contribution in [3.63, 3.8) is 0 Å². The summed E-state index contributed by atoms with van der Waals surface area (Å²) in [5.74, 6) is -4.14. The molecule has 4 aliphatic rings. The van der Waals surface area contributed by atoms with E-state index >= 15 is 0 Å². The van der Waals surface area contributed by atoms with Gasteiger partial charge >= 0.3 is 18.2 Å². The lowest BCUT2D eigenvalue weighted by Crippen LogP contribution is -2.66. The van der Waals surface area contributed by atoms with Gasteiger partial charge in [0.2, 0.25) is 5.54 Å². The molecule has 0 aromatic heterocycles. The van der Waals surface area contributed by atoms with E-state index in [2.05, 4.69) is 0 Å². The maximum atomic E-state index is 14.1. The zero-order valence-corrected chi connectivity index (χ0v) is 18.7. The van der Waals surface area contributed by atoms with Crippen LogP contribution >= 0.6 is 0 Å². The molecule has 0 radical (unpaired) electrons. The largest absolute Gasteiger partial charge is 0.481 e. The first-order valence-electron chi connectivity index (χ1n) is 11.3. The van der Waals surface area contributed by atoms with Crippen molar-refractivity contribution in [2.45, 2.75) is 37.0 Å². The van der Waals surface area contributed by atoms with Crippen molar-refractivity contribution < 1.29 is 37.4 Å². The number of carboxylic acids is 1. The lowest BCUT2D eigenvalue weighted by Gasteiger charge is -2.38. The molecule has 184 valence electrons. The number of nitrogens with zero attached hydrogens (tertiary/aromatic N) is 1. The fraction of sp³-hybridized carbons (Fsp3) is 0.400. The second kappa shape index (κ2) is 8.00. The minimum Gasteiger partial charge on any atom is -0.481 e. The Morgan fingerprint density at radius 1 is 1.06 bits per heavy atom. The molecule has 6 rings (SSSR count). The van der Waals surface area contributed by atoms with Crippen LogP contribution in [0, 0.1) is 11.8 Å². The van der Waals surface area contributed by atoms with Crippen LogP contribution in [0.5, 0.6) is 0 Å². The fourth-order valence-corrected chi connectivity index (χ4v) is 5.59. The highest BCUT2D eigenvalue weighted by molar-refractivity contribution is 5.92. The van der Waals surface area contributed by atoms with Crippen LogP contribution < -0.4 is 5.32 Å². The molecule has 2 saturated heterocycles. The number of alkyl halides is 3. The first kappa shape index (κ1) is 23.2. The van der Waals surface area contributed by atoms with Crippen molar-refractivity contribution in [3.8, 4) is 11.1 Å². The van der Waals surface area contributed by atoms with Crippen molar-refractivity contribution in [3.05, 3.63) is 59.7 Å². The van der Waals surface area contributed by atoms with Crippen LogP contribution in [0.25, 0.3) is 11.1 Å². The van der Waals surface area contributed by atoms with E-state index in [-0.39, 0.29) is 25.0 Å². The molecule has 2 amide bonds. The Morgan fingerprint density at radius 3 is 2.14 bits per heavy atom. The molecule has 2 aliphatic carbocycles. The van der Waals surface area contributed by atoms with Crippen LogP contribution in [0.3, 0.4) is 0 Å². The van der Waals surface area contributed by atoms with Crippen LogP contribution in [0.4, 0.5) is 18.0 Å². The quantitative estimate of drug-likeness (QED) is 0.668. The summed E-state index contributed by atoms with van der Waals surface area (Å²) in [4.78, 5) is 37.9. The third-order valence-corrected chi connectivity index (χ3v) is 7.53. The van der Waals surface area contributed by atoms with Crippen LogP contribution in [0.1, 0.15) is 30.4 Å². The molecule has 4 atom stereocenters. The first-order valence-corrected chi connectivity index (χ1v) is 11.3. The number of hydrogen-bond acceptors (Lipinski definition) is 4. The monoisotopic (exact) mass is 488 g/mol. The lowest BCUT2D eigenvalue weighted by molar-refractivity contribution is -0.200. The number of halogens is 3. The molecule has 2 bridgehead atoms. The molecule has 3 fully saturated rings. The van der Waals surface area contributed by atoms with E-state index in [4.69, 9.17) is 4.74 Å². The summed E-state index contributed by atoms with van der Waals surface area (Å²) in [7, 11) is 0. The number of carbonyl (C=O) groups excluding carboxylic acids is 2. The van der Waals surface area contributed by atoms with Crippen molar-refractivity contribution in [2.75, 3.05) is 13.2 Å². The van der Waals surface area contributed by atoms with Crippen LogP contribution in [-0.2, 0) is 14.3 Å². The Hall–Kier alpha value is -3.56. The topological polar surface area (TPSA) is 95.9 Å². The minimum atomic E-state index is -5.12. The first-order chi connectivity index (χ1) is 16.5. The van der Waals surface area contributed by atoms with E-state index in [1.807, 2.05) is 48.5 Å². The molecule has 7 nitrogen and oxygen atoms in total. The average Bonchev–Trinajstić information content (AvgIpc) is 3.47. The molecule has 10 heteroatoms. The van der Waals surface area contributed by atoms with E-state index in [0.29, 0.717) is 13.3 Å². The zero-order chi connectivity index (χ0) is 25.1. The Bertz CT molecular complexity index is 1170. The summed E-state index contributed by atoms with van der Waals surface area (Å²) >= 11 is 0. The van der Waals surface area contributed by atoms with E-state index in [1.54, 1.807) is 5.32 Å². The molecule has 2 aromatic rings. The van der Waals surface area contributed by atoms with Crippen molar-refractivity contribution in [2.24, 2.45) is 11.8 Å².